The van der Waals surface area contributed by atoms with Crippen molar-refractivity contribution < 1.29 is 24.2 Å². The Morgan fingerprint density at radius 2 is 1.51 bits per heavy atom. The number of hydrogen-bond donors (Lipinski definition) is 2. The van der Waals surface area contributed by atoms with Crippen LogP contribution in [-0.2, 0) is 20.9 Å². The fourth-order valence-corrected chi connectivity index (χ4v) is 5.76. The Labute approximate surface area is 228 Å². The van der Waals surface area contributed by atoms with Crippen LogP contribution in [0.15, 0.2) is 78.9 Å². The number of ether oxygens (including phenoxy) is 1. The van der Waals surface area contributed by atoms with E-state index in [1.54, 1.807) is 4.90 Å². The average Bonchev–Trinajstić information content (AvgIpc) is 3.25. The Morgan fingerprint density at radius 3 is 2.10 bits per heavy atom. The Kier molecular flexibility index (Phi) is 7.96. The summed E-state index contributed by atoms with van der Waals surface area (Å²) >= 11 is 0. The van der Waals surface area contributed by atoms with E-state index in [4.69, 9.17) is 4.74 Å². The topological polar surface area (TPSA) is 95.9 Å². The van der Waals surface area contributed by atoms with Crippen molar-refractivity contribution >= 4 is 18.0 Å². The van der Waals surface area contributed by atoms with Crippen molar-refractivity contribution in [2.24, 2.45) is 5.41 Å². The monoisotopic (exact) mass is 526 g/mol. The summed E-state index contributed by atoms with van der Waals surface area (Å²) in [4.78, 5) is 38.9. The molecule has 0 aliphatic heterocycles. The standard InChI is InChI=1S/C32H34N2O5/c35-29(34(18-15-30(36)37)20-23-9-2-1-3-10-23)19-32(16-8-17-32)22-33-31(38)39-21-28-26-13-6-4-11-24(26)25-12-5-7-14-27(25)28/h1-7,9-14,28H,8,15-22H2,(H,33,38)(H,36,37). The molecular weight excluding hydrogens is 492 g/mol. The summed E-state index contributed by atoms with van der Waals surface area (Å²) in [5.74, 6) is -1.03. The Hall–Kier alpha value is -4.13. The SMILES string of the molecule is O=C(O)CCN(Cc1ccccc1)C(=O)CC1(CNC(=O)OCC2c3ccccc3-c3ccccc32)CCC1. The molecule has 7 nitrogen and oxygen atoms in total. The molecule has 1 saturated carbocycles. The number of carbonyl (C=O) groups excluding carboxylic acids is 2. The zero-order valence-electron chi connectivity index (χ0n) is 22.0. The lowest BCUT2D eigenvalue weighted by Gasteiger charge is -2.42. The molecule has 3 aromatic rings. The molecule has 2 aliphatic carbocycles. The molecule has 0 aromatic heterocycles. The first-order valence-corrected chi connectivity index (χ1v) is 13.6. The van der Waals surface area contributed by atoms with Gasteiger partial charge >= 0.3 is 12.1 Å². The highest BCUT2D eigenvalue weighted by molar-refractivity contribution is 5.79. The number of amides is 2. The van der Waals surface area contributed by atoms with Gasteiger partial charge in [0.05, 0.1) is 6.42 Å². The molecule has 202 valence electrons. The van der Waals surface area contributed by atoms with Crippen LogP contribution < -0.4 is 5.32 Å². The lowest BCUT2D eigenvalue weighted by molar-refractivity contribution is -0.140. The van der Waals surface area contributed by atoms with Gasteiger partial charge < -0.3 is 20.1 Å². The van der Waals surface area contributed by atoms with E-state index in [2.05, 4.69) is 29.6 Å². The van der Waals surface area contributed by atoms with Gasteiger partial charge in [0.2, 0.25) is 5.91 Å². The molecule has 5 rings (SSSR count). The highest BCUT2D eigenvalue weighted by atomic mass is 16.5. The van der Waals surface area contributed by atoms with Gasteiger partial charge in [-0.2, -0.15) is 0 Å². The molecule has 0 unspecified atom stereocenters. The van der Waals surface area contributed by atoms with Crippen LogP contribution in [0, 0.1) is 5.41 Å². The molecule has 0 spiro atoms. The Balaban J connectivity index is 1.17. The second kappa shape index (κ2) is 11.7. The third kappa shape index (κ3) is 6.14. The molecule has 39 heavy (non-hydrogen) atoms. The van der Waals surface area contributed by atoms with Crippen LogP contribution in [0.1, 0.15) is 54.7 Å². The summed E-state index contributed by atoms with van der Waals surface area (Å²) in [6.45, 7) is 1.11. The van der Waals surface area contributed by atoms with Crippen molar-refractivity contribution in [1.82, 2.24) is 10.2 Å². The first-order valence-electron chi connectivity index (χ1n) is 13.6. The summed E-state index contributed by atoms with van der Waals surface area (Å²) in [7, 11) is 0. The fourth-order valence-electron chi connectivity index (χ4n) is 5.76. The molecule has 2 N–H and O–H groups in total. The first kappa shape index (κ1) is 26.5. The number of carboxylic acid groups (broad SMARTS) is 1. The van der Waals surface area contributed by atoms with Crippen molar-refractivity contribution in [2.75, 3.05) is 19.7 Å². The number of benzene rings is 3. The molecule has 0 heterocycles. The molecule has 3 aromatic carbocycles. The maximum atomic E-state index is 13.3. The van der Waals surface area contributed by atoms with Gasteiger partial charge in [0, 0.05) is 32.0 Å². The van der Waals surface area contributed by atoms with Gasteiger partial charge in [-0.25, -0.2) is 4.79 Å². The summed E-state index contributed by atoms with van der Waals surface area (Å²) in [5.41, 5.74) is 5.30. The lowest BCUT2D eigenvalue weighted by atomic mass is 9.66. The zero-order valence-corrected chi connectivity index (χ0v) is 22.0. The molecule has 0 saturated heterocycles. The van der Waals surface area contributed by atoms with Gasteiger partial charge in [-0.15, -0.1) is 0 Å². The Bertz CT molecular complexity index is 1290. The first-order chi connectivity index (χ1) is 18.9. The minimum Gasteiger partial charge on any atom is -0.481 e. The third-order valence-corrected chi connectivity index (χ3v) is 8.06. The van der Waals surface area contributed by atoms with E-state index >= 15 is 0 Å². The maximum Gasteiger partial charge on any atom is 0.407 e. The van der Waals surface area contributed by atoms with Gasteiger partial charge in [0.25, 0.3) is 0 Å². The summed E-state index contributed by atoms with van der Waals surface area (Å²) in [6, 6.07) is 26.0. The second-order valence-corrected chi connectivity index (χ2v) is 10.7. The van der Waals surface area contributed by atoms with E-state index in [-0.39, 0.29) is 43.2 Å². The van der Waals surface area contributed by atoms with Crippen LogP contribution in [0.25, 0.3) is 11.1 Å². The maximum absolute atomic E-state index is 13.3. The predicted octanol–water partition coefficient (Wildman–Crippen LogP) is 5.59. The van der Waals surface area contributed by atoms with E-state index < -0.39 is 12.1 Å². The molecule has 0 atom stereocenters. The van der Waals surface area contributed by atoms with Crippen molar-refractivity contribution in [3.05, 3.63) is 95.6 Å². The molecule has 0 bridgehead atoms. The van der Waals surface area contributed by atoms with Crippen molar-refractivity contribution in [1.29, 1.82) is 0 Å². The van der Waals surface area contributed by atoms with Crippen LogP contribution in [0.5, 0.6) is 0 Å². The molecular formula is C32H34N2O5. The third-order valence-electron chi connectivity index (χ3n) is 8.06. The number of carboxylic acids is 1. The number of nitrogens with one attached hydrogen (secondary N) is 1. The van der Waals surface area contributed by atoms with Gasteiger partial charge in [-0.1, -0.05) is 85.3 Å². The highest BCUT2D eigenvalue weighted by Crippen LogP contribution is 2.45. The van der Waals surface area contributed by atoms with Gasteiger partial charge in [-0.05, 0) is 46.1 Å². The number of aliphatic carboxylic acids is 1. The van der Waals surface area contributed by atoms with Crippen molar-refractivity contribution in [2.45, 2.75) is 44.6 Å². The van der Waals surface area contributed by atoms with Gasteiger partial charge in [-0.3, -0.25) is 9.59 Å². The number of fused-ring (bicyclic) bond motifs is 3. The molecule has 1 fully saturated rings. The van der Waals surface area contributed by atoms with Crippen molar-refractivity contribution in [3.63, 3.8) is 0 Å². The van der Waals surface area contributed by atoms with Crippen LogP contribution in [0.3, 0.4) is 0 Å². The summed E-state index contributed by atoms with van der Waals surface area (Å²) < 4.78 is 5.69. The summed E-state index contributed by atoms with van der Waals surface area (Å²) in [5, 5.41) is 12.1. The highest BCUT2D eigenvalue weighted by Gasteiger charge is 2.40. The van der Waals surface area contributed by atoms with Crippen LogP contribution in [-0.4, -0.2) is 47.7 Å². The van der Waals surface area contributed by atoms with Crippen LogP contribution in [0.4, 0.5) is 4.79 Å². The van der Waals surface area contributed by atoms with E-state index in [1.165, 1.54) is 11.1 Å². The van der Waals surface area contributed by atoms with Gasteiger partial charge in [0.1, 0.15) is 6.61 Å². The number of hydrogen-bond acceptors (Lipinski definition) is 4. The normalized spacial score (nSPS) is 15.0. The summed E-state index contributed by atoms with van der Waals surface area (Å²) in [6.07, 6.45) is 2.34. The average molecular weight is 527 g/mol. The minimum atomic E-state index is -0.934. The Morgan fingerprint density at radius 1 is 0.897 bits per heavy atom. The molecule has 7 heteroatoms. The number of nitrogens with zero attached hydrogens (tertiary/aromatic N) is 1. The van der Waals surface area contributed by atoms with E-state index in [0.717, 1.165) is 36.0 Å². The number of alkyl carbamates (subject to hydrolysis) is 1. The van der Waals surface area contributed by atoms with E-state index in [0.29, 0.717) is 13.1 Å². The molecule has 2 aliphatic rings. The zero-order chi connectivity index (χ0) is 27.2. The van der Waals surface area contributed by atoms with E-state index in [1.807, 2.05) is 54.6 Å². The quantitative estimate of drug-likeness (QED) is 0.340. The van der Waals surface area contributed by atoms with Crippen LogP contribution in [0.2, 0.25) is 0 Å². The van der Waals surface area contributed by atoms with Gasteiger partial charge in [0.15, 0.2) is 0 Å². The smallest absolute Gasteiger partial charge is 0.407 e. The molecule has 2 amide bonds. The van der Waals surface area contributed by atoms with Crippen molar-refractivity contribution in [3.8, 4) is 11.1 Å². The lowest BCUT2D eigenvalue weighted by Crippen LogP contribution is -2.46. The van der Waals surface area contributed by atoms with Crippen LogP contribution >= 0.6 is 0 Å². The number of rotatable bonds is 11. The fraction of sp³-hybridized carbons (Fsp3) is 0.344. The predicted molar refractivity (Wildman–Crippen MR) is 148 cm³/mol. The minimum absolute atomic E-state index is 0.0110. The largest absolute Gasteiger partial charge is 0.481 e. The number of carbonyl (C=O) groups is 3. The molecule has 0 radical (unpaired) electrons. The van der Waals surface area contributed by atoms with E-state index in [9.17, 15) is 19.5 Å². The second-order valence-electron chi connectivity index (χ2n) is 10.7.